The number of halogens is 1. The smallest absolute Gasteiger partial charge is 0.319 e. The quantitative estimate of drug-likeness (QED) is 0.686. The monoisotopic (exact) mass is 374 g/mol. The third-order valence-electron chi connectivity index (χ3n) is 5.01. The number of hydrogen-bond donors (Lipinski definition) is 1. The van der Waals surface area contributed by atoms with Crippen LogP contribution in [0.15, 0.2) is 84.9 Å². The molecule has 1 aliphatic rings. The molecule has 1 atom stereocenters. The fraction of sp³-hybridized carbons (Fsp3) is 0.130. The fourth-order valence-corrected chi connectivity index (χ4v) is 3.58. The van der Waals surface area contributed by atoms with Crippen molar-refractivity contribution in [2.24, 2.45) is 0 Å². The number of rotatable bonds is 5. The molecular formula is C23H19FN2O2. The van der Waals surface area contributed by atoms with Crippen LogP contribution in [0.3, 0.4) is 0 Å². The Morgan fingerprint density at radius 2 is 1.39 bits per heavy atom. The Bertz CT molecular complexity index is 990. The van der Waals surface area contributed by atoms with Crippen molar-refractivity contribution < 1.29 is 14.0 Å². The van der Waals surface area contributed by atoms with Crippen molar-refractivity contribution in [2.75, 3.05) is 0 Å². The second kappa shape index (κ2) is 7.27. The zero-order valence-corrected chi connectivity index (χ0v) is 15.1. The van der Waals surface area contributed by atoms with Crippen LogP contribution in [0.1, 0.15) is 16.7 Å². The molecule has 140 valence electrons. The van der Waals surface area contributed by atoms with Gasteiger partial charge in [0.15, 0.2) is 5.54 Å². The average Bonchev–Trinajstić information content (AvgIpc) is 2.96. The van der Waals surface area contributed by atoms with Gasteiger partial charge >= 0.3 is 6.03 Å². The summed E-state index contributed by atoms with van der Waals surface area (Å²) in [6, 6.07) is 24.2. The molecule has 0 aliphatic carbocycles. The predicted octanol–water partition coefficient (Wildman–Crippen LogP) is 4.02. The van der Waals surface area contributed by atoms with Gasteiger partial charge in [0.05, 0.1) is 6.54 Å². The van der Waals surface area contributed by atoms with E-state index in [0.717, 1.165) is 11.1 Å². The molecular weight excluding hydrogens is 355 g/mol. The second-order valence-corrected chi connectivity index (χ2v) is 6.88. The molecule has 0 spiro atoms. The maximum atomic E-state index is 13.5. The van der Waals surface area contributed by atoms with Gasteiger partial charge in [0, 0.05) is 6.42 Å². The number of amides is 3. The van der Waals surface area contributed by atoms with Gasteiger partial charge in [-0.25, -0.2) is 9.18 Å². The van der Waals surface area contributed by atoms with Crippen molar-refractivity contribution >= 4 is 11.9 Å². The van der Waals surface area contributed by atoms with Crippen LogP contribution in [0.25, 0.3) is 0 Å². The van der Waals surface area contributed by atoms with Gasteiger partial charge in [0.2, 0.25) is 0 Å². The number of carbonyl (C=O) groups is 2. The minimum absolute atomic E-state index is 0.0916. The van der Waals surface area contributed by atoms with Gasteiger partial charge in [-0.2, -0.15) is 0 Å². The fourth-order valence-electron chi connectivity index (χ4n) is 3.58. The topological polar surface area (TPSA) is 49.4 Å². The van der Waals surface area contributed by atoms with E-state index in [9.17, 15) is 14.0 Å². The SMILES string of the molecule is O=C1N[C@](Cc2ccccc2)(c2ccccc2)C(=O)N1Cc1ccc(F)cc1. The minimum Gasteiger partial charge on any atom is -0.319 e. The van der Waals surface area contributed by atoms with Gasteiger partial charge in [-0.1, -0.05) is 72.8 Å². The van der Waals surface area contributed by atoms with Crippen LogP contribution in [0, 0.1) is 5.82 Å². The lowest BCUT2D eigenvalue weighted by Crippen LogP contribution is -2.46. The zero-order chi connectivity index (χ0) is 19.6. The van der Waals surface area contributed by atoms with Crippen molar-refractivity contribution in [2.45, 2.75) is 18.5 Å². The molecule has 4 rings (SSSR count). The number of nitrogens with zero attached hydrogens (tertiary/aromatic N) is 1. The number of carbonyl (C=O) groups excluding carboxylic acids is 2. The molecule has 0 saturated carbocycles. The lowest BCUT2D eigenvalue weighted by molar-refractivity contribution is -0.132. The van der Waals surface area contributed by atoms with E-state index in [4.69, 9.17) is 0 Å². The predicted molar refractivity (Wildman–Crippen MR) is 104 cm³/mol. The summed E-state index contributed by atoms with van der Waals surface area (Å²) in [7, 11) is 0. The Balaban J connectivity index is 1.71. The Kier molecular flexibility index (Phi) is 4.65. The van der Waals surface area contributed by atoms with Crippen LogP contribution < -0.4 is 5.32 Å². The van der Waals surface area contributed by atoms with E-state index >= 15 is 0 Å². The molecule has 1 saturated heterocycles. The highest BCUT2D eigenvalue weighted by Gasteiger charge is 2.52. The number of hydrogen-bond acceptors (Lipinski definition) is 2. The summed E-state index contributed by atoms with van der Waals surface area (Å²) >= 11 is 0. The molecule has 5 heteroatoms. The van der Waals surface area contributed by atoms with Gasteiger partial charge in [0.1, 0.15) is 5.82 Å². The lowest BCUT2D eigenvalue weighted by atomic mass is 9.83. The van der Waals surface area contributed by atoms with Crippen LogP contribution in [0.2, 0.25) is 0 Å². The molecule has 1 aliphatic heterocycles. The van der Waals surface area contributed by atoms with Crippen LogP contribution in [0.5, 0.6) is 0 Å². The summed E-state index contributed by atoms with van der Waals surface area (Å²) in [5.41, 5.74) is 1.20. The normalized spacial score (nSPS) is 19.0. The zero-order valence-electron chi connectivity index (χ0n) is 15.1. The Morgan fingerprint density at radius 1 is 0.786 bits per heavy atom. The molecule has 1 fully saturated rings. The van der Waals surface area contributed by atoms with Gasteiger partial charge in [-0.15, -0.1) is 0 Å². The standard InChI is InChI=1S/C23H19FN2O2/c24-20-13-11-18(12-14-20)16-26-21(27)23(25-22(26)28,19-9-5-2-6-10-19)15-17-7-3-1-4-8-17/h1-14H,15-16H2,(H,25,28)/t23-/m1/s1. The van der Waals surface area contributed by atoms with Crippen molar-refractivity contribution in [3.05, 3.63) is 107 Å². The highest BCUT2D eigenvalue weighted by Crippen LogP contribution is 2.33. The Labute approximate surface area is 162 Å². The van der Waals surface area contributed by atoms with Gasteiger partial charge in [-0.05, 0) is 28.8 Å². The van der Waals surface area contributed by atoms with Crippen molar-refractivity contribution in [1.29, 1.82) is 0 Å². The molecule has 3 amide bonds. The maximum absolute atomic E-state index is 13.5. The largest absolute Gasteiger partial charge is 0.325 e. The average molecular weight is 374 g/mol. The number of benzene rings is 3. The first-order valence-electron chi connectivity index (χ1n) is 9.06. The third-order valence-corrected chi connectivity index (χ3v) is 5.01. The summed E-state index contributed by atoms with van der Waals surface area (Å²) in [5, 5.41) is 2.93. The summed E-state index contributed by atoms with van der Waals surface area (Å²) in [6.07, 6.45) is 0.350. The second-order valence-electron chi connectivity index (χ2n) is 6.88. The van der Waals surface area contributed by atoms with Crippen LogP contribution >= 0.6 is 0 Å². The molecule has 0 aromatic heterocycles. The van der Waals surface area contributed by atoms with E-state index in [1.165, 1.54) is 17.0 Å². The van der Waals surface area contributed by atoms with E-state index in [2.05, 4.69) is 5.32 Å². The van der Waals surface area contributed by atoms with Gasteiger partial charge < -0.3 is 5.32 Å². The van der Waals surface area contributed by atoms with E-state index in [-0.39, 0.29) is 18.3 Å². The molecule has 0 radical (unpaired) electrons. The number of urea groups is 1. The van der Waals surface area contributed by atoms with E-state index in [0.29, 0.717) is 12.0 Å². The first-order chi connectivity index (χ1) is 13.6. The molecule has 1 heterocycles. The molecule has 28 heavy (non-hydrogen) atoms. The van der Waals surface area contributed by atoms with E-state index in [1.54, 1.807) is 12.1 Å². The highest BCUT2D eigenvalue weighted by atomic mass is 19.1. The number of nitrogens with one attached hydrogen (secondary N) is 1. The Morgan fingerprint density at radius 3 is 2.04 bits per heavy atom. The minimum atomic E-state index is -1.17. The van der Waals surface area contributed by atoms with Crippen molar-refractivity contribution in [3.8, 4) is 0 Å². The lowest BCUT2D eigenvalue weighted by Gasteiger charge is -2.27. The molecule has 4 nitrogen and oxygen atoms in total. The van der Waals surface area contributed by atoms with Gasteiger partial charge in [0.25, 0.3) is 5.91 Å². The maximum Gasteiger partial charge on any atom is 0.325 e. The van der Waals surface area contributed by atoms with Crippen molar-refractivity contribution in [3.63, 3.8) is 0 Å². The van der Waals surface area contributed by atoms with Crippen LogP contribution in [-0.2, 0) is 23.3 Å². The van der Waals surface area contributed by atoms with Crippen LogP contribution in [0.4, 0.5) is 9.18 Å². The molecule has 0 unspecified atom stereocenters. The molecule has 1 N–H and O–H groups in total. The summed E-state index contributed by atoms with van der Waals surface area (Å²) < 4.78 is 13.2. The first kappa shape index (κ1) is 17.9. The summed E-state index contributed by atoms with van der Waals surface area (Å²) in [5.74, 6) is -0.666. The molecule has 0 bridgehead atoms. The van der Waals surface area contributed by atoms with Crippen LogP contribution in [-0.4, -0.2) is 16.8 Å². The first-order valence-corrected chi connectivity index (χ1v) is 9.06. The van der Waals surface area contributed by atoms with Gasteiger partial charge in [-0.3, -0.25) is 9.69 Å². The van der Waals surface area contributed by atoms with Crippen molar-refractivity contribution in [1.82, 2.24) is 10.2 Å². The third kappa shape index (κ3) is 3.27. The highest BCUT2D eigenvalue weighted by molar-refractivity contribution is 6.07. The van der Waals surface area contributed by atoms with E-state index in [1.807, 2.05) is 60.7 Å². The molecule has 3 aromatic carbocycles. The molecule has 3 aromatic rings. The Hall–Kier alpha value is -3.47. The summed E-state index contributed by atoms with van der Waals surface area (Å²) in [6.45, 7) is 0.0916. The van der Waals surface area contributed by atoms with E-state index < -0.39 is 11.6 Å². The summed E-state index contributed by atoms with van der Waals surface area (Å²) in [4.78, 5) is 27.4. The number of imide groups is 1.